The zero-order valence-corrected chi connectivity index (χ0v) is 9.14. The van der Waals surface area contributed by atoms with Crippen LogP contribution in [0.3, 0.4) is 0 Å². The van der Waals surface area contributed by atoms with E-state index >= 15 is 0 Å². The van der Waals surface area contributed by atoms with Crippen molar-refractivity contribution in [3.05, 3.63) is 30.3 Å². The van der Waals surface area contributed by atoms with Crippen molar-refractivity contribution in [1.29, 1.82) is 0 Å². The van der Waals surface area contributed by atoms with E-state index in [0.29, 0.717) is 6.42 Å². The summed E-state index contributed by atoms with van der Waals surface area (Å²) in [5.74, 6) is -0.140. The molecule has 0 aromatic heterocycles. The predicted octanol–water partition coefficient (Wildman–Crippen LogP) is 2.18. The van der Waals surface area contributed by atoms with E-state index in [1.165, 1.54) is 0 Å². The molecule has 84 valence electrons. The van der Waals surface area contributed by atoms with Crippen molar-refractivity contribution in [2.24, 2.45) is 5.16 Å². The maximum absolute atomic E-state index is 11.8. The lowest BCUT2D eigenvalue weighted by Gasteiger charge is -2.08. The Balaban J connectivity index is 1.91. The number of carbonyl (C=O) groups is 1. The standard InChI is InChI=1S/C12H14N2O2/c1-2-9-8-11(16-14-9)12(15)13-10-6-4-3-5-7-10/h3-7,11H,2,8H2,1H3,(H,13,15)/t11-/m0/s1. The molecule has 0 spiro atoms. The number of oxime groups is 1. The molecule has 1 aromatic carbocycles. The van der Waals surface area contributed by atoms with Gasteiger partial charge >= 0.3 is 0 Å². The van der Waals surface area contributed by atoms with Crippen LogP contribution in [0, 0.1) is 0 Å². The van der Waals surface area contributed by atoms with E-state index in [2.05, 4.69) is 10.5 Å². The molecule has 0 unspecified atom stereocenters. The number of nitrogens with one attached hydrogen (secondary N) is 1. The highest BCUT2D eigenvalue weighted by Gasteiger charge is 2.27. The van der Waals surface area contributed by atoms with Crippen LogP contribution in [0.25, 0.3) is 0 Å². The fourth-order valence-electron chi connectivity index (χ4n) is 1.52. The Morgan fingerprint density at radius 3 is 2.88 bits per heavy atom. The second kappa shape index (κ2) is 4.79. The Morgan fingerprint density at radius 2 is 2.25 bits per heavy atom. The van der Waals surface area contributed by atoms with E-state index in [0.717, 1.165) is 17.8 Å². The van der Waals surface area contributed by atoms with Crippen molar-refractivity contribution < 1.29 is 9.63 Å². The van der Waals surface area contributed by atoms with Crippen LogP contribution in [0.1, 0.15) is 19.8 Å². The van der Waals surface area contributed by atoms with Crippen LogP contribution in [0.2, 0.25) is 0 Å². The average molecular weight is 218 g/mol. The summed E-state index contributed by atoms with van der Waals surface area (Å²) in [5.41, 5.74) is 1.72. The summed E-state index contributed by atoms with van der Waals surface area (Å²) in [6, 6.07) is 9.33. The monoisotopic (exact) mass is 218 g/mol. The van der Waals surface area contributed by atoms with Gasteiger partial charge in [-0.15, -0.1) is 0 Å². The molecule has 0 saturated heterocycles. The summed E-state index contributed by atoms with van der Waals surface area (Å²) in [6.45, 7) is 2.00. The van der Waals surface area contributed by atoms with Crippen molar-refractivity contribution in [1.82, 2.24) is 0 Å². The van der Waals surface area contributed by atoms with Crippen LogP contribution in [0.15, 0.2) is 35.5 Å². The number of rotatable bonds is 3. The molecule has 16 heavy (non-hydrogen) atoms. The van der Waals surface area contributed by atoms with Crippen LogP contribution >= 0.6 is 0 Å². The first-order chi connectivity index (χ1) is 7.79. The van der Waals surface area contributed by atoms with E-state index in [1.807, 2.05) is 37.3 Å². The zero-order chi connectivity index (χ0) is 11.4. The van der Waals surface area contributed by atoms with E-state index in [4.69, 9.17) is 4.84 Å². The highest BCUT2D eigenvalue weighted by atomic mass is 16.6. The van der Waals surface area contributed by atoms with Gasteiger partial charge in [-0.3, -0.25) is 4.79 Å². The van der Waals surface area contributed by atoms with E-state index in [-0.39, 0.29) is 5.91 Å². The number of hydrogen-bond acceptors (Lipinski definition) is 3. The quantitative estimate of drug-likeness (QED) is 0.845. The molecule has 0 aliphatic carbocycles. The number of amides is 1. The Labute approximate surface area is 94.3 Å². The van der Waals surface area contributed by atoms with Crippen molar-refractivity contribution in [2.75, 3.05) is 5.32 Å². The molecule has 1 aromatic rings. The lowest BCUT2D eigenvalue weighted by molar-refractivity contribution is -0.125. The third-order valence-corrected chi connectivity index (χ3v) is 2.47. The van der Waals surface area contributed by atoms with Crippen LogP contribution in [0.5, 0.6) is 0 Å². The van der Waals surface area contributed by atoms with Gasteiger partial charge in [0.05, 0.1) is 5.71 Å². The van der Waals surface area contributed by atoms with Crippen LogP contribution < -0.4 is 5.32 Å². The Morgan fingerprint density at radius 1 is 1.50 bits per heavy atom. The molecule has 1 amide bonds. The molecule has 1 aliphatic heterocycles. The smallest absolute Gasteiger partial charge is 0.268 e. The van der Waals surface area contributed by atoms with Gasteiger partial charge in [-0.25, -0.2) is 0 Å². The van der Waals surface area contributed by atoms with Gasteiger partial charge in [0.1, 0.15) is 0 Å². The van der Waals surface area contributed by atoms with Gasteiger partial charge < -0.3 is 10.2 Å². The summed E-state index contributed by atoms with van der Waals surface area (Å²) < 4.78 is 0. The van der Waals surface area contributed by atoms with Gasteiger partial charge in [0.25, 0.3) is 5.91 Å². The number of anilines is 1. The second-order valence-electron chi connectivity index (χ2n) is 3.66. The normalized spacial score (nSPS) is 18.8. The third kappa shape index (κ3) is 2.39. The van der Waals surface area contributed by atoms with Crippen LogP contribution in [-0.4, -0.2) is 17.7 Å². The molecule has 4 heteroatoms. The highest BCUT2D eigenvalue weighted by Crippen LogP contribution is 2.15. The Kier molecular flexibility index (Phi) is 3.19. The average Bonchev–Trinajstić information content (AvgIpc) is 2.79. The molecule has 0 fully saturated rings. The number of carbonyl (C=O) groups excluding carboxylic acids is 1. The largest absolute Gasteiger partial charge is 0.382 e. The summed E-state index contributed by atoms with van der Waals surface area (Å²) >= 11 is 0. The molecule has 0 saturated carbocycles. The Bertz CT molecular complexity index is 401. The minimum Gasteiger partial charge on any atom is -0.382 e. The number of para-hydroxylation sites is 1. The minimum absolute atomic E-state index is 0.140. The number of benzene rings is 1. The first-order valence-electron chi connectivity index (χ1n) is 5.37. The first kappa shape index (κ1) is 10.7. The predicted molar refractivity (Wildman–Crippen MR) is 62.3 cm³/mol. The fraction of sp³-hybridized carbons (Fsp3) is 0.333. The maximum atomic E-state index is 11.8. The molecule has 1 atom stereocenters. The number of nitrogens with zero attached hydrogens (tertiary/aromatic N) is 1. The molecular formula is C12H14N2O2. The third-order valence-electron chi connectivity index (χ3n) is 2.47. The summed E-state index contributed by atoms with van der Waals surface area (Å²) in [4.78, 5) is 16.8. The van der Waals surface area contributed by atoms with Gasteiger partial charge in [-0.2, -0.15) is 0 Å². The fourth-order valence-corrected chi connectivity index (χ4v) is 1.52. The summed E-state index contributed by atoms with van der Waals surface area (Å²) in [5, 5.41) is 6.65. The lowest BCUT2D eigenvalue weighted by Crippen LogP contribution is -2.27. The zero-order valence-electron chi connectivity index (χ0n) is 9.14. The lowest BCUT2D eigenvalue weighted by atomic mass is 10.1. The molecule has 2 rings (SSSR count). The number of hydrogen-bond donors (Lipinski definition) is 1. The van der Waals surface area contributed by atoms with Crippen molar-refractivity contribution in [3.8, 4) is 0 Å². The minimum atomic E-state index is -0.477. The molecule has 0 bridgehead atoms. The van der Waals surface area contributed by atoms with Gasteiger partial charge in [-0.05, 0) is 18.6 Å². The van der Waals surface area contributed by atoms with Gasteiger partial charge in [0.2, 0.25) is 6.10 Å². The molecule has 1 heterocycles. The van der Waals surface area contributed by atoms with Gasteiger partial charge in [0, 0.05) is 12.1 Å². The van der Waals surface area contributed by atoms with Crippen LogP contribution in [0.4, 0.5) is 5.69 Å². The molecule has 0 radical (unpaired) electrons. The second-order valence-corrected chi connectivity index (χ2v) is 3.66. The Hall–Kier alpha value is -1.84. The topological polar surface area (TPSA) is 50.7 Å². The first-order valence-corrected chi connectivity index (χ1v) is 5.37. The van der Waals surface area contributed by atoms with Gasteiger partial charge in [-0.1, -0.05) is 30.3 Å². The maximum Gasteiger partial charge on any atom is 0.268 e. The van der Waals surface area contributed by atoms with E-state index in [9.17, 15) is 4.79 Å². The molecule has 1 aliphatic rings. The van der Waals surface area contributed by atoms with Crippen molar-refractivity contribution >= 4 is 17.3 Å². The molecular weight excluding hydrogens is 204 g/mol. The van der Waals surface area contributed by atoms with Crippen LogP contribution in [-0.2, 0) is 9.63 Å². The molecule has 1 N–H and O–H groups in total. The van der Waals surface area contributed by atoms with Gasteiger partial charge in [0.15, 0.2) is 0 Å². The summed E-state index contributed by atoms with van der Waals surface area (Å²) in [6.07, 6.45) is 0.944. The summed E-state index contributed by atoms with van der Waals surface area (Å²) in [7, 11) is 0. The van der Waals surface area contributed by atoms with Crippen molar-refractivity contribution in [2.45, 2.75) is 25.9 Å². The van der Waals surface area contributed by atoms with E-state index < -0.39 is 6.10 Å². The van der Waals surface area contributed by atoms with Crippen molar-refractivity contribution in [3.63, 3.8) is 0 Å². The SMILES string of the molecule is CCC1=NO[C@H](C(=O)Nc2ccccc2)C1. The highest BCUT2D eigenvalue weighted by molar-refractivity contribution is 5.99. The van der Waals surface area contributed by atoms with E-state index in [1.54, 1.807) is 0 Å². The molecule has 4 nitrogen and oxygen atoms in total.